The van der Waals surface area contributed by atoms with E-state index < -0.39 is 6.04 Å². The van der Waals surface area contributed by atoms with Crippen LogP contribution in [-0.4, -0.2) is 53.1 Å². The van der Waals surface area contributed by atoms with Gasteiger partial charge in [-0.1, -0.05) is 37.1 Å². The molecule has 0 radical (unpaired) electrons. The van der Waals surface area contributed by atoms with Crippen LogP contribution in [0.1, 0.15) is 71.7 Å². The third-order valence-corrected chi connectivity index (χ3v) is 6.91. The first-order valence-electron chi connectivity index (χ1n) is 12.0. The quantitative estimate of drug-likeness (QED) is 0.688. The van der Waals surface area contributed by atoms with Crippen LogP contribution in [0.2, 0.25) is 0 Å². The molecular formula is C26H30N4O3. The summed E-state index contributed by atoms with van der Waals surface area (Å²) in [5.41, 5.74) is 7.09. The van der Waals surface area contributed by atoms with Crippen molar-refractivity contribution in [1.82, 2.24) is 15.3 Å². The Bertz CT molecular complexity index is 1040. The van der Waals surface area contributed by atoms with Gasteiger partial charge in [-0.15, -0.1) is 0 Å². The lowest BCUT2D eigenvalue weighted by atomic mass is 9.93. The second kappa shape index (κ2) is 9.83. The zero-order valence-electron chi connectivity index (χ0n) is 18.8. The van der Waals surface area contributed by atoms with Gasteiger partial charge in [-0.3, -0.25) is 15.2 Å². The standard InChI is InChI=1S/C26H30N4O3/c31-17-25-22-8-4-3-7-21(22)23(28-29-25)15-18-9-12-27-24(16-18)26(32)30-13-10-20(11-14-30)33-19-5-1-2-6-19/h3-4,7-9,12,16-17,19-20,25,29H,1-2,5-6,10-11,13-15H2. The fraction of sp³-hybridized carbons (Fsp3) is 0.462. The fourth-order valence-electron chi connectivity index (χ4n) is 5.09. The molecule has 2 fully saturated rings. The Morgan fingerprint density at radius 2 is 1.85 bits per heavy atom. The zero-order valence-corrected chi connectivity index (χ0v) is 18.8. The molecule has 2 aliphatic heterocycles. The largest absolute Gasteiger partial charge is 0.375 e. The maximum Gasteiger partial charge on any atom is 0.272 e. The summed E-state index contributed by atoms with van der Waals surface area (Å²) in [4.78, 5) is 30.7. The number of carbonyl (C=O) groups is 2. The lowest BCUT2D eigenvalue weighted by Gasteiger charge is -2.33. The summed E-state index contributed by atoms with van der Waals surface area (Å²) in [5.74, 6) is -0.0266. The van der Waals surface area contributed by atoms with Crippen molar-refractivity contribution in [2.45, 2.75) is 63.2 Å². The molecule has 3 heterocycles. The van der Waals surface area contributed by atoms with E-state index in [4.69, 9.17) is 4.74 Å². The molecule has 7 nitrogen and oxygen atoms in total. The number of amides is 1. The summed E-state index contributed by atoms with van der Waals surface area (Å²) in [6.45, 7) is 1.42. The van der Waals surface area contributed by atoms with Crippen molar-refractivity contribution in [2.75, 3.05) is 13.1 Å². The fourth-order valence-corrected chi connectivity index (χ4v) is 5.09. The molecule has 2 aromatic rings. The number of nitrogens with one attached hydrogen (secondary N) is 1. The minimum Gasteiger partial charge on any atom is -0.375 e. The molecule has 33 heavy (non-hydrogen) atoms. The van der Waals surface area contributed by atoms with Crippen LogP contribution >= 0.6 is 0 Å². The third kappa shape index (κ3) is 4.83. The Morgan fingerprint density at radius 3 is 2.64 bits per heavy atom. The van der Waals surface area contributed by atoms with Gasteiger partial charge in [0.05, 0.1) is 17.9 Å². The highest BCUT2D eigenvalue weighted by molar-refractivity contribution is 6.04. The number of likely N-dealkylation sites (tertiary alicyclic amines) is 1. The van der Waals surface area contributed by atoms with E-state index >= 15 is 0 Å². The first-order chi connectivity index (χ1) is 16.2. The zero-order chi connectivity index (χ0) is 22.6. The normalized spacial score (nSPS) is 21.3. The maximum absolute atomic E-state index is 13.1. The minimum atomic E-state index is -0.430. The molecule has 0 bridgehead atoms. The number of ether oxygens (including phenoxy) is 1. The monoisotopic (exact) mass is 446 g/mol. The Hall–Kier alpha value is -3.06. The summed E-state index contributed by atoms with van der Waals surface area (Å²) in [7, 11) is 0. The predicted molar refractivity (Wildman–Crippen MR) is 125 cm³/mol. The van der Waals surface area contributed by atoms with E-state index in [0.717, 1.165) is 41.5 Å². The molecule has 1 saturated heterocycles. The number of aldehydes is 1. The molecule has 3 aliphatic rings. The molecule has 1 aromatic heterocycles. The van der Waals surface area contributed by atoms with Crippen LogP contribution in [0.5, 0.6) is 0 Å². The second-order valence-corrected chi connectivity index (χ2v) is 9.15. The molecular weight excluding hydrogens is 416 g/mol. The van der Waals surface area contributed by atoms with Crippen molar-refractivity contribution in [1.29, 1.82) is 0 Å². The number of hydrogen-bond acceptors (Lipinski definition) is 6. The molecule has 1 N–H and O–H groups in total. The van der Waals surface area contributed by atoms with Gasteiger partial charge in [-0.25, -0.2) is 0 Å². The number of rotatable bonds is 6. The SMILES string of the molecule is O=CC1NN=C(Cc2ccnc(C(=O)N3CCC(OC4CCCC4)CC3)c2)c2ccccc21. The van der Waals surface area contributed by atoms with Crippen LogP contribution < -0.4 is 5.43 Å². The number of piperidine rings is 1. The number of pyridine rings is 1. The van der Waals surface area contributed by atoms with Gasteiger partial charge in [0.1, 0.15) is 18.0 Å². The van der Waals surface area contributed by atoms with Gasteiger partial charge in [0.15, 0.2) is 0 Å². The van der Waals surface area contributed by atoms with Crippen LogP contribution in [0.3, 0.4) is 0 Å². The van der Waals surface area contributed by atoms with Gasteiger partial charge in [-0.05, 0) is 48.9 Å². The third-order valence-electron chi connectivity index (χ3n) is 6.91. The molecule has 1 unspecified atom stereocenters. The van der Waals surface area contributed by atoms with Gasteiger partial charge in [-0.2, -0.15) is 5.10 Å². The van der Waals surface area contributed by atoms with Crippen LogP contribution in [0.15, 0.2) is 47.7 Å². The van der Waals surface area contributed by atoms with Crippen molar-refractivity contribution < 1.29 is 14.3 Å². The number of hydrazone groups is 1. The summed E-state index contributed by atoms with van der Waals surface area (Å²) >= 11 is 0. The first kappa shape index (κ1) is 21.8. The number of aromatic nitrogens is 1. The number of hydrogen-bond donors (Lipinski definition) is 1. The highest BCUT2D eigenvalue weighted by Gasteiger charge is 2.28. The van der Waals surface area contributed by atoms with Gasteiger partial charge < -0.3 is 14.4 Å². The number of benzene rings is 1. The molecule has 7 heteroatoms. The lowest BCUT2D eigenvalue weighted by Crippen LogP contribution is -2.42. The molecule has 5 rings (SSSR count). The Morgan fingerprint density at radius 1 is 1.09 bits per heavy atom. The van der Waals surface area contributed by atoms with E-state index in [-0.39, 0.29) is 12.0 Å². The highest BCUT2D eigenvalue weighted by Crippen LogP contribution is 2.26. The summed E-state index contributed by atoms with van der Waals surface area (Å²) in [5, 5.41) is 4.44. The highest BCUT2D eigenvalue weighted by atomic mass is 16.5. The van der Waals surface area contributed by atoms with Crippen LogP contribution in [0, 0.1) is 0 Å². The van der Waals surface area contributed by atoms with Crippen molar-refractivity contribution in [2.24, 2.45) is 5.10 Å². The van der Waals surface area contributed by atoms with E-state index in [1.807, 2.05) is 41.3 Å². The Labute approximate surface area is 194 Å². The van der Waals surface area contributed by atoms with E-state index in [0.29, 0.717) is 31.3 Å². The molecule has 1 aliphatic carbocycles. The molecule has 1 aromatic carbocycles. The van der Waals surface area contributed by atoms with E-state index in [2.05, 4.69) is 15.5 Å². The summed E-state index contributed by atoms with van der Waals surface area (Å²) in [6.07, 6.45) is 10.5. The van der Waals surface area contributed by atoms with Crippen molar-refractivity contribution in [3.05, 3.63) is 65.0 Å². The number of carbonyl (C=O) groups excluding carboxylic acids is 2. The molecule has 172 valence electrons. The average Bonchev–Trinajstić information content (AvgIpc) is 3.38. The summed E-state index contributed by atoms with van der Waals surface area (Å²) < 4.78 is 6.24. The van der Waals surface area contributed by atoms with Gasteiger partial charge >= 0.3 is 0 Å². The topological polar surface area (TPSA) is 83.9 Å². The Balaban J connectivity index is 1.23. The number of fused-ring (bicyclic) bond motifs is 1. The minimum absolute atomic E-state index is 0.0266. The van der Waals surface area contributed by atoms with Crippen molar-refractivity contribution in [3.63, 3.8) is 0 Å². The Kier molecular flexibility index (Phi) is 6.48. The molecule has 1 amide bonds. The van der Waals surface area contributed by atoms with Gasteiger partial charge in [0, 0.05) is 31.3 Å². The van der Waals surface area contributed by atoms with Gasteiger partial charge in [0.2, 0.25) is 0 Å². The average molecular weight is 447 g/mol. The van der Waals surface area contributed by atoms with Crippen LogP contribution in [-0.2, 0) is 16.0 Å². The predicted octanol–water partition coefficient (Wildman–Crippen LogP) is 3.44. The van der Waals surface area contributed by atoms with Crippen LogP contribution in [0.25, 0.3) is 0 Å². The second-order valence-electron chi connectivity index (χ2n) is 9.15. The molecule has 1 saturated carbocycles. The van der Waals surface area contributed by atoms with Gasteiger partial charge in [0.25, 0.3) is 5.91 Å². The van der Waals surface area contributed by atoms with E-state index in [9.17, 15) is 9.59 Å². The molecule has 0 spiro atoms. The van der Waals surface area contributed by atoms with Crippen molar-refractivity contribution >= 4 is 17.9 Å². The molecule has 1 atom stereocenters. The van der Waals surface area contributed by atoms with E-state index in [1.54, 1.807) is 6.20 Å². The maximum atomic E-state index is 13.1. The van der Waals surface area contributed by atoms with Crippen LogP contribution in [0.4, 0.5) is 0 Å². The van der Waals surface area contributed by atoms with Crippen molar-refractivity contribution in [3.8, 4) is 0 Å². The number of nitrogens with zero attached hydrogens (tertiary/aromatic N) is 3. The first-order valence-corrected chi connectivity index (χ1v) is 12.0. The lowest BCUT2D eigenvalue weighted by molar-refractivity contribution is -0.109. The van der Waals surface area contributed by atoms with E-state index in [1.165, 1.54) is 25.7 Å². The summed E-state index contributed by atoms with van der Waals surface area (Å²) in [6, 6.07) is 11.1. The smallest absolute Gasteiger partial charge is 0.272 e.